The first kappa shape index (κ1) is 18.5. The third-order valence-corrected chi connectivity index (χ3v) is 4.11. The van der Waals surface area contributed by atoms with E-state index in [4.69, 9.17) is 4.74 Å². The van der Waals surface area contributed by atoms with Crippen LogP contribution in [0.5, 0.6) is 5.75 Å². The highest BCUT2D eigenvalue weighted by Gasteiger charge is 2.40. The predicted octanol–water partition coefficient (Wildman–Crippen LogP) is 3.13. The summed E-state index contributed by atoms with van der Waals surface area (Å²) in [4.78, 5) is 24.4. The van der Waals surface area contributed by atoms with Gasteiger partial charge in [0.25, 0.3) is 0 Å². The van der Waals surface area contributed by atoms with E-state index < -0.39 is 11.5 Å². The van der Waals surface area contributed by atoms with Crippen LogP contribution in [0, 0.1) is 0 Å². The van der Waals surface area contributed by atoms with Crippen LogP contribution < -0.4 is 10.1 Å². The summed E-state index contributed by atoms with van der Waals surface area (Å²) in [6.45, 7) is 4.23. The van der Waals surface area contributed by atoms with E-state index in [-0.39, 0.29) is 18.7 Å². The van der Waals surface area contributed by atoms with Crippen LogP contribution in [0.3, 0.4) is 0 Å². The molecule has 0 spiro atoms. The summed E-state index contributed by atoms with van der Waals surface area (Å²) in [6, 6.07) is 16.0. The summed E-state index contributed by atoms with van der Waals surface area (Å²) < 4.78 is 5.37. The molecule has 0 aliphatic carbocycles. The molecule has 0 fully saturated rings. The van der Waals surface area contributed by atoms with Crippen molar-refractivity contribution in [3.8, 4) is 5.75 Å². The Morgan fingerprint density at radius 2 is 1.68 bits per heavy atom. The second-order valence-corrected chi connectivity index (χ2v) is 5.73. The third kappa shape index (κ3) is 4.38. The van der Waals surface area contributed by atoms with Crippen LogP contribution >= 0.6 is 0 Å². The summed E-state index contributed by atoms with van der Waals surface area (Å²) in [5.74, 6) is -0.664. The second kappa shape index (κ2) is 8.33. The van der Waals surface area contributed by atoms with E-state index >= 15 is 0 Å². The van der Waals surface area contributed by atoms with Gasteiger partial charge in [-0.25, -0.2) is 4.79 Å². The van der Waals surface area contributed by atoms with E-state index in [0.29, 0.717) is 12.2 Å². The van der Waals surface area contributed by atoms with E-state index in [1.54, 1.807) is 43.3 Å². The van der Waals surface area contributed by atoms with E-state index in [2.05, 4.69) is 5.32 Å². The zero-order chi connectivity index (χ0) is 18.3. The number of nitrogens with one attached hydrogen (secondary N) is 1. The Balaban J connectivity index is 2.16. The fraction of sp³-hybridized carbons (Fsp3) is 0.300. The number of hydrogen-bond acceptors (Lipinski definition) is 3. The lowest BCUT2D eigenvalue weighted by Gasteiger charge is -2.30. The Kier molecular flexibility index (Phi) is 6.17. The van der Waals surface area contributed by atoms with Crippen LogP contribution in [0.4, 0.5) is 0 Å². The van der Waals surface area contributed by atoms with Gasteiger partial charge < -0.3 is 15.2 Å². The number of carboxylic acid groups (broad SMARTS) is 1. The monoisotopic (exact) mass is 341 g/mol. The molecule has 0 bridgehead atoms. The molecule has 1 unspecified atom stereocenters. The average Bonchev–Trinajstić information content (AvgIpc) is 2.62. The molecule has 2 aromatic rings. The molecule has 0 aromatic heterocycles. The molecule has 1 atom stereocenters. The fourth-order valence-electron chi connectivity index (χ4n) is 2.75. The maximum absolute atomic E-state index is 12.5. The highest BCUT2D eigenvalue weighted by Crippen LogP contribution is 2.26. The second-order valence-electron chi connectivity index (χ2n) is 5.73. The quantitative estimate of drug-likeness (QED) is 0.773. The zero-order valence-corrected chi connectivity index (χ0v) is 14.5. The topological polar surface area (TPSA) is 75.6 Å². The number of hydrogen-bond donors (Lipinski definition) is 2. The average molecular weight is 341 g/mol. The lowest BCUT2D eigenvalue weighted by molar-refractivity contribution is -0.148. The maximum Gasteiger partial charge on any atom is 0.334 e. The number of carbonyl (C=O) groups is 2. The van der Waals surface area contributed by atoms with Gasteiger partial charge >= 0.3 is 5.97 Å². The molecule has 1 amide bonds. The van der Waals surface area contributed by atoms with Crippen LogP contribution in [0.1, 0.15) is 31.4 Å². The number of amides is 1. The molecule has 0 heterocycles. The first-order chi connectivity index (χ1) is 12.0. The van der Waals surface area contributed by atoms with E-state index in [1.807, 2.05) is 25.1 Å². The molecule has 132 valence electrons. The van der Waals surface area contributed by atoms with Crippen molar-refractivity contribution >= 4 is 11.9 Å². The minimum atomic E-state index is -1.43. The summed E-state index contributed by atoms with van der Waals surface area (Å²) in [6.07, 6.45) is 0.357. The van der Waals surface area contributed by atoms with Crippen LogP contribution in [-0.4, -0.2) is 23.6 Å². The molecule has 0 saturated heterocycles. The summed E-state index contributed by atoms with van der Waals surface area (Å²) in [5.41, 5.74) is -0.0710. The lowest BCUT2D eigenvalue weighted by Crippen LogP contribution is -2.52. The Morgan fingerprint density at radius 1 is 1.04 bits per heavy atom. The van der Waals surface area contributed by atoms with Crippen molar-refractivity contribution in [3.05, 3.63) is 65.7 Å². The Bertz CT molecular complexity index is 712. The Labute approximate surface area is 147 Å². The first-order valence-corrected chi connectivity index (χ1v) is 8.33. The smallest absolute Gasteiger partial charge is 0.334 e. The van der Waals surface area contributed by atoms with Crippen molar-refractivity contribution in [2.24, 2.45) is 0 Å². The van der Waals surface area contributed by atoms with Gasteiger partial charge in [-0.2, -0.15) is 0 Å². The van der Waals surface area contributed by atoms with Crippen LogP contribution in [0.25, 0.3) is 0 Å². The largest absolute Gasteiger partial charge is 0.494 e. The Hall–Kier alpha value is -2.82. The van der Waals surface area contributed by atoms with Crippen molar-refractivity contribution in [2.75, 3.05) is 6.61 Å². The molecule has 5 heteroatoms. The van der Waals surface area contributed by atoms with Crippen molar-refractivity contribution < 1.29 is 19.4 Å². The lowest BCUT2D eigenvalue weighted by atomic mass is 9.87. The minimum absolute atomic E-state index is 0.105. The van der Waals surface area contributed by atoms with Crippen LogP contribution in [0.2, 0.25) is 0 Å². The van der Waals surface area contributed by atoms with E-state index in [9.17, 15) is 14.7 Å². The van der Waals surface area contributed by atoms with Gasteiger partial charge in [-0.05, 0) is 36.6 Å². The number of carboxylic acids is 1. The number of aliphatic carboxylic acids is 1. The van der Waals surface area contributed by atoms with Crippen molar-refractivity contribution in [1.29, 1.82) is 0 Å². The van der Waals surface area contributed by atoms with Gasteiger partial charge in [0.1, 0.15) is 5.75 Å². The fourth-order valence-corrected chi connectivity index (χ4v) is 2.75. The van der Waals surface area contributed by atoms with Gasteiger partial charge in [0.15, 0.2) is 5.54 Å². The maximum atomic E-state index is 12.5. The Morgan fingerprint density at radius 3 is 2.20 bits per heavy atom. The molecule has 2 rings (SSSR count). The molecule has 5 nitrogen and oxygen atoms in total. The molecule has 0 saturated carbocycles. The van der Waals surface area contributed by atoms with Crippen molar-refractivity contribution in [2.45, 2.75) is 32.2 Å². The number of ether oxygens (including phenoxy) is 1. The highest BCUT2D eigenvalue weighted by molar-refractivity contribution is 5.89. The van der Waals surface area contributed by atoms with Gasteiger partial charge in [0.2, 0.25) is 5.91 Å². The van der Waals surface area contributed by atoms with Crippen molar-refractivity contribution in [1.82, 2.24) is 5.32 Å². The van der Waals surface area contributed by atoms with Gasteiger partial charge in [-0.3, -0.25) is 4.79 Å². The molecular formula is C20H23NO4. The zero-order valence-electron chi connectivity index (χ0n) is 14.5. The predicted molar refractivity (Wildman–Crippen MR) is 95.5 cm³/mol. The molecule has 0 aliphatic heterocycles. The number of rotatable bonds is 8. The molecule has 25 heavy (non-hydrogen) atoms. The van der Waals surface area contributed by atoms with E-state index in [1.165, 1.54) is 0 Å². The third-order valence-electron chi connectivity index (χ3n) is 4.11. The number of benzene rings is 2. The summed E-state index contributed by atoms with van der Waals surface area (Å²) in [7, 11) is 0. The van der Waals surface area contributed by atoms with E-state index in [0.717, 1.165) is 11.3 Å². The number of carbonyl (C=O) groups excluding carboxylic acids is 1. The molecule has 2 aromatic carbocycles. The highest BCUT2D eigenvalue weighted by atomic mass is 16.5. The minimum Gasteiger partial charge on any atom is -0.494 e. The van der Waals surface area contributed by atoms with Gasteiger partial charge in [-0.15, -0.1) is 0 Å². The molecule has 2 N–H and O–H groups in total. The first-order valence-electron chi connectivity index (χ1n) is 8.33. The van der Waals surface area contributed by atoms with Gasteiger partial charge in [0, 0.05) is 0 Å². The normalized spacial score (nSPS) is 12.9. The van der Waals surface area contributed by atoms with Gasteiger partial charge in [-0.1, -0.05) is 49.4 Å². The standard InChI is InChI=1S/C20H23NO4/c1-3-20(19(23)24,16-8-6-5-7-9-16)21-18(22)14-15-10-12-17(13-11-15)25-4-2/h5-13H,3-4,14H2,1-2H3,(H,21,22)(H,23,24). The van der Waals surface area contributed by atoms with Gasteiger partial charge in [0.05, 0.1) is 13.0 Å². The molecule has 0 aliphatic rings. The SMILES string of the molecule is CCOc1ccc(CC(=O)NC(CC)(C(=O)O)c2ccccc2)cc1. The summed E-state index contributed by atoms with van der Waals surface area (Å²) in [5, 5.41) is 12.5. The molecule has 0 radical (unpaired) electrons. The molecular weight excluding hydrogens is 318 g/mol. The summed E-state index contributed by atoms with van der Waals surface area (Å²) >= 11 is 0. The van der Waals surface area contributed by atoms with Crippen molar-refractivity contribution in [3.63, 3.8) is 0 Å². The van der Waals surface area contributed by atoms with Crippen LogP contribution in [-0.2, 0) is 21.5 Å². The van der Waals surface area contributed by atoms with Crippen LogP contribution in [0.15, 0.2) is 54.6 Å².